The van der Waals surface area contributed by atoms with Crippen LogP contribution in [0.2, 0.25) is 0 Å². The minimum Gasteiger partial charge on any atom is -0.399 e. The number of aryl methyl sites for hydroxylation is 1. The zero-order valence-electron chi connectivity index (χ0n) is 10.2. The highest BCUT2D eigenvalue weighted by Crippen LogP contribution is 2.25. The molecule has 3 heteroatoms. The van der Waals surface area contributed by atoms with E-state index in [0.717, 1.165) is 24.8 Å². The Kier molecular flexibility index (Phi) is 2.56. The molecule has 0 unspecified atom stereocenters. The maximum Gasteiger partial charge on any atom is 0.0485 e. The van der Waals surface area contributed by atoms with E-state index in [1.807, 2.05) is 6.07 Å². The van der Waals surface area contributed by atoms with Gasteiger partial charge >= 0.3 is 0 Å². The van der Waals surface area contributed by atoms with Crippen LogP contribution in [0.4, 0.5) is 5.69 Å². The normalized spacial score (nSPS) is 15.6. The first-order valence-electron chi connectivity index (χ1n) is 6.38. The number of nitrogens with zero attached hydrogens (tertiary/aromatic N) is 1. The summed E-state index contributed by atoms with van der Waals surface area (Å²) in [6, 6.07) is 6.93. The van der Waals surface area contributed by atoms with Gasteiger partial charge in [-0.15, -0.1) is 0 Å². The summed E-state index contributed by atoms with van der Waals surface area (Å²) in [5, 5.41) is 4.86. The molecule has 1 aliphatic carbocycles. The van der Waals surface area contributed by atoms with Crippen LogP contribution in [-0.4, -0.2) is 10.6 Å². The monoisotopic (exact) mass is 229 g/mol. The largest absolute Gasteiger partial charge is 0.399 e. The first kappa shape index (κ1) is 10.7. The Hall–Kier alpha value is -1.48. The maximum atomic E-state index is 5.88. The maximum absolute atomic E-state index is 5.88. The zero-order valence-corrected chi connectivity index (χ0v) is 10.2. The Bertz CT molecular complexity index is 538. The van der Waals surface area contributed by atoms with Crippen molar-refractivity contribution >= 4 is 16.6 Å². The average molecular weight is 229 g/mol. The second-order valence-corrected chi connectivity index (χ2v) is 4.87. The molecule has 0 spiro atoms. The van der Waals surface area contributed by atoms with Crippen molar-refractivity contribution in [1.82, 2.24) is 9.88 Å². The number of rotatable bonds is 4. The predicted octanol–water partition coefficient (Wildman–Crippen LogP) is 2.50. The van der Waals surface area contributed by atoms with Crippen LogP contribution >= 0.6 is 0 Å². The molecule has 0 saturated heterocycles. The number of nitrogen functional groups attached to an aromatic ring is 1. The van der Waals surface area contributed by atoms with Crippen LogP contribution in [0.25, 0.3) is 10.9 Å². The lowest BCUT2D eigenvalue weighted by Gasteiger charge is -2.01. The van der Waals surface area contributed by atoms with Crippen LogP contribution in [0.15, 0.2) is 24.4 Å². The molecule has 2 aromatic rings. The summed E-state index contributed by atoms with van der Waals surface area (Å²) in [6.45, 7) is 4.13. The second-order valence-electron chi connectivity index (χ2n) is 4.87. The lowest BCUT2D eigenvalue weighted by molar-refractivity contribution is 0.686. The molecule has 0 aliphatic heterocycles. The predicted molar refractivity (Wildman–Crippen MR) is 71.9 cm³/mol. The third kappa shape index (κ3) is 2.03. The van der Waals surface area contributed by atoms with E-state index in [4.69, 9.17) is 5.73 Å². The van der Waals surface area contributed by atoms with E-state index in [1.165, 1.54) is 29.3 Å². The summed E-state index contributed by atoms with van der Waals surface area (Å²) in [7, 11) is 0. The molecule has 1 fully saturated rings. The van der Waals surface area contributed by atoms with E-state index in [0.29, 0.717) is 0 Å². The standard InChI is InChI=1S/C14H19N3/c1-2-17-9-10(8-16-12-4-5-12)13-7-11(15)3-6-14(13)17/h3,6-7,9,12,16H,2,4-5,8,15H2,1H3. The van der Waals surface area contributed by atoms with Gasteiger partial charge in [0.2, 0.25) is 0 Å². The van der Waals surface area contributed by atoms with Gasteiger partial charge in [0.05, 0.1) is 0 Å². The van der Waals surface area contributed by atoms with E-state index >= 15 is 0 Å². The first-order valence-corrected chi connectivity index (χ1v) is 6.38. The van der Waals surface area contributed by atoms with E-state index in [1.54, 1.807) is 0 Å². The van der Waals surface area contributed by atoms with E-state index < -0.39 is 0 Å². The Labute approximate surface area is 102 Å². The lowest BCUT2D eigenvalue weighted by Crippen LogP contribution is -2.14. The van der Waals surface area contributed by atoms with Crippen LogP contribution < -0.4 is 11.1 Å². The van der Waals surface area contributed by atoms with Crippen molar-refractivity contribution < 1.29 is 0 Å². The van der Waals surface area contributed by atoms with Crippen molar-refractivity contribution in [2.45, 2.75) is 38.9 Å². The molecule has 3 rings (SSSR count). The van der Waals surface area contributed by atoms with Gasteiger partial charge in [0.15, 0.2) is 0 Å². The summed E-state index contributed by atoms with van der Waals surface area (Å²) in [5.41, 5.74) is 9.38. The van der Waals surface area contributed by atoms with Crippen LogP contribution in [0.1, 0.15) is 25.3 Å². The summed E-state index contributed by atoms with van der Waals surface area (Å²) >= 11 is 0. The summed E-state index contributed by atoms with van der Waals surface area (Å²) in [4.78, 5) is 0. The van der Waals surface area contributed by atoms with Gasteiger partial charge < -0.3 is 15.6 Å². The minimum absolute atomic E-state index is 0.746. The van der Waals surface area contributed by atoms with Crippen molar-refractivity contribution in [3.63, 3.8) is 0 Å². The van der Waals surface area contributed by atoms with Gasteiger partial charge in [-0.1, -0.05) is 0 Å². The Morgan fingerprint density at radius 2 is 2.24 bits per heavy atom. The number of aromatic nitrogens is 1. The molecular weight excluding hydrogens is 210 g/mol. The fourth-order valence-electron chi connectivity index (χ4n) is 2.33. The number of nitrogens with one attached hydrogen (secondary N) is 1. The Morgan fingerprint density at radius 3 is 2.94 bits per heavy atom. The Morgan fingerprint density at radius 1 is 1.41 bits per heavy atom. The van der Waals surface area contributed by atoms with Crippen LogP contribution in [0.5, 0.6) is 0 Å². The molecule has 3 nitrogen and oxygen atoms in total. The Balaban J connectivity index is 1.99. The lowest BCUT2D eigenvalue weighted by atomic mass is 10.1. The third-order valence-electron chi connectivity index (χ3n) is 3.49. The van der Waals surface area contributed by atoms with Crippen LogP contribution in [-0.2, 0) is 13.1 Å². The SMILES string of the molecule is CCn1cc(CNC2CC2)c2cc(N)ccc21. The fourth-order valence-corrected chi connectivity index (χ4v) is 2.33. The van der Waals surface area contributed by atoms with Crippen molar-refractivity contribution in [3.05, 3.63) is 30.0 Å². The second kappa shape index (κ2) is 4.08. The molecule has 3 N–H and O–H groups in total. The van der Waals surface area contributed by atoms with Gasteiger partial charge in [-0.25, -0.2) is 0 Å². The summed E-state index contributed by atoms with van der Waals surface area (Å²) < 4.78 is 2.29. The molecule has 1 aliphatic rings. The van der Waals surface area contributed by atoms with Crippen LogP contribution in [0.3, 0.4) is 0 Å². The molecule has 0 radical (unpaired) electrons. The van der Waals surface area contributed by atoms with Crippen LogP contribution in [0, 0.1) is 0 Å². The van der Waals surface area contributed by atoms with Gasteiger partial charge in [0.1, 0.15) is 0 Å². The molecule has 0 amide bonds. The molecule has 0 bridgehead atoms. The van der Waals surface area contributed by atoms with Crippen molar-refractivity contribution in [1.29, 1.82) is 0 Å². The first-order chi connectivity index (χ1) is 8.28. The van der Waals surface area contributed by atoms with Gasteiger partial charge in [-0.2, -0.15) is 0 Å². The highest BCUT2D eigenvalue weighted by atomic mass is 15.0. The number of anilines is 1. The molecule has 1 aromatic heterocycles. The molecule has 0 atom stereocenters. The molecule has 1 aromatic carbocycles. The number of hydrogen-bond acceptors (Lipinski definition) is 2. The number of benzene rings is 1. The van der Waals surface area contributed by atoms with E-state index in [-0.39, 0.29) is 0 Å². The van der Waals surface area contributed by atoms with Gasteiger partial charge in [0, 0.05) is 41.9 Å². The highest BCUT2D eigenvalue weighted by molar-refractivity contribution is 5.86. The number of fused-ring (bicyclic) bond motifs is 1. The van der Waals surface area contributed by atoms with Crippen molar-refractivity contribution in [2.24, 2.45) is 0 Å². The zero-order chi connectivity index (χ0) is 11.8. The smallest absolute Gasteiger partial charge is 0.0485 e. The van der Waals surface area contributed by atoms with Gasteiger partial charge in [0.25, 0.3) is 0 Å². The molecule has 1 heterocycles. The molecular formula is C14H19N3. The van der Waals surface area contributed by atoms with E-state index in [2.05, 4.69) is 35.1 Å². The summed E-state index contributed by atoms with van der Waals surface area (Å²) in [6.07, 6.45) is 4.91. The molecule has 90 valence electrons. The third-order valence-corrected chi connectivity index (χ3v) is 3.49. The van der Waals surface area contributed by atoms with E-state index in [9.17, 15) is 0 Å². The quantitative estimate of drug-likeness (QED) is 0.791. The van der Waals surface area contributed by atoms with Gasteiger partial charge in [-0.3, -0.25) is 0 Å². The topological polar surface area (TPSA) is 43.0 Å². The molecule has 17 heavy (non-hydrogen) atoms. The minimum atomic E-state index is 0.746. The average Bonchev–Trinajstić information content (AvgIpc) is 3.09. The van der Waals surface area contributed by atoms with Crippen molar-refractivity contribution in [3.8, 4) is 0 Å². The number of nitrogens with two attached hydrogens (primary N) is 1. The summed E-state index contributed by atoms with van der Waals surface area (Å²) in [5.74, 6) is 0. The highest BCUT2D eigenvalue weighted by Gasteiger charge is 2.20. The van der Waals surface area contributed by atoms with Gasteiger partial charge in [-0.05, 0) is 43.5 Å². The van der Waals surface area contributed by atoms with Crippen molar-refractivity contribution in [2.75, 3.05) is 5.73 Å². The fraction of sp³-hybridized carbons (Fsp3) is 0.429. The number of hydrogen-bond donors (Lipinski definition) is 2. The molecule has 1 saturated carbocycles.